The Balaban J connectivity index is 1.52. The van der Waals surface area contributed by atoms with Gasteiger partial charge in [-0.2, -0.15) is 0 Å². The van der Waals surface area contributed by atoms with E-state index in [0.29, 0.717) is 6.10 Å². The molecule has 0 aromatic heterocycles. The molecule has 16 heavy (non-hydrogen) atoms. The minimum Gasteiger partial charge on any atom is -0.377 e. The normalized spacial score (nSPS) is 16.8. The molecule has 0 amide bonds. The fourth-order valence-corrected chi connectivity index (χ4v) is 2.18. The summed E-state index contributed by atoms with van der Waals surface area (Å²) in [7, 11) is 0. The number of ether oxygens (including phenoxy) is 1. The highest BCUT2D eigenvalue weighted by Crippen LogP contribution is 2.20. The lowest BCUT2D eigenvalue weighted by molar-refractivity contribution is 0.0603. The van der Waals surface area contributed by atoms with Crippen molar-refractivity contribution in [2.75, 3.05) is 13.2 Å². The topological polar surface area (TPSA) is 21.3 Å². The SMILES string of the molecule is c1ccc(CNCCOC2CCCC2)cc1. The third-order valence-electron chi connectivity index (χ3n) is 3.11. The summed E-state index contributed by atoms with van der Waals surface area (Å²) in [6, 6.07) is 10.5. The quantitative estimate of drug-likeness (QED) is 0.743. The third kappa shape index (κ3) is 3.95. The summed E-state index contributed by atoms with van der Waals surface area (Å²) in [4.78, 5) is 0. The van der Waals surface area contributed by atoms with E-state index in [-0.39, 0.29) is 0 Å². The van der Waals surface area contributed by atoms with Crippen molar-refractivity contribution >= 4 is 0 Å². The first-order chi connectivity index (χ1) is 7.95. The van der Waals surface area contributed by atoms with Crippen LogP contribution < -0.4 is 5.32 Å². The molecule has 2 rings (SSSR count). The van der Waals surface area contributed by atoms with Crippen LogP contribution in [0.5, 0.6) is 0 Å². The van der Waals surface area contributed by atoms with Crippen LogP contribution in [0.15, 0.2) is 30.3 Å². The Morgan fingerprint density at radius 1 is 1.12 bits per heavy atom. The molecule has 0 radical (unpaired) electrons. The van der Waals surface area contributed by atoms with Crippen molar-refractivity contribution in [1.29, 1.82) is 0 Å². The molecule has 1 aliphatic rings. The minimum atomic E-state index is 0.540. The van der Waals surface area contributed by atoms with Gasteiger partial charge in [-0.3, -0.25) is 0 Å². The van der Waals surface area contributed by atoms with Gasteiger partial charge < -0.3 is 10.1 Å². The van der Waals surface area contributed by atoms with Gasteiger partial charge in [-0.25, -0.2) is 0 Å². The number of rotatable bonds is 6. The molecule has 1 fully saturated rings. The van der Waals surface area contributed by atoms with Gasteiger partial charge in [0.25, 0.3) is 0 Å². The Labute approximate surface area is 98.0 Å². The van der Waals surface area contributed by atoms with Crippen LogP contribution in [0.1, 0.15) is 31.2 Å². The largest absolute Gasteiger partial charge is 0.377 e. The van der Waals surface area contributed by atoms with Crippen molar-refractivity contribution in [3.05, 3.63) is 35.9 Å². The summed E-state index contributed by atoms with van der Waals surface area (Å²) >= 11 is 0. The van der Waals surface area contributed by atoms with Crippen molar-refractivity contribution in [3.63, 3.8) is 0 Å². The summed E-state index contributed by atoms with van der Waals surface area (Å²) in [5.74, 6) is 0. The van der Waals surface area contributed by atoms with E-state index in [9.17, 15) is 0 Å². The second kappa shape index (κ2) is 6.66. The van der Waals surface area contributed by atoms with Gasteiger partial charge in [-0.1, -0.05) is 43.2 Å². The van der Waals surface area contributed by atoms with Gasteiger partial charge in [-0.15, -0.1) is 0 Å². The average molecular weight is 219 g/mol. The highest BCUT2D eigenvalue weighted by atomic mass is 16.5. The van der Waals surface area contributed by atoms with Crippen LogP contribution in [0.25, 0.3) is 0 Å². The summed E-state index contributed by atoms with van der Waals surface area (Å²) in [5, 5.41) is 3.40. The van der Waals surface area contributed by atoms with Crippen LogP contribution >= 0.6 is 0 Å². The number of nitrogens with one attached hydrogen (secondary N) is 1. The Bertz CT molecular complexity index is 280. The zero-order valence-corrected chi connectivity index (χ0v) is 9.82. The van der Waals surface area contributed by atoms with E-state index in [0.717, 1.165) is 19.7 Å². The molecule has 0 saturated heterocycles. The second-order valence-electron chi connectivity index (χ2n) is 4.44. The van der Waals surface area contributed by atoms with Crippen molar-refractivity contribution in [1.82, 2.24) is 5.32 Å². The molecule has 1 aromatic carbocycles. The van der Waals surface area contributed by atoms with Crippen LogP contribution in [0.2, 0.25) is 0 Å². The molecule has 2 heteroatoms. The van der Waals surface area contributed by atoms with Crippen LogP contribution in [0, 0.1) is 0 Å². The fourth-order valence-electron chi connectivity index (χ4n) is 2.18. The van der Waals surface area contributed by atoms with Crippen LogP contribution in [0.3, 0.4) is 0 Å². The molecule has 88 valence electrons. The monoisotopic (exact) mass is 219 g/mol. The van der Waals surface area contributed by atoms with E-state index in [4.69, 9.17) is 4.74 Å². The molecule has 2 nitrogen and oxygen atoms in total. The predicted octanol–water partition coefficient (Wildman–Crippen LogP) is 2.74. The van der Waals surface area contributed by atoms with Crippen molar-refractivity contribution in [2.45, 2.75) is 38.3 Å². The predicted molar refractivity (Wildman–Crippen MR) is 66.4 cm³/mol. The highest BCUT2D eigenvalue weighted by molar-refractivity contribution is 5.14. The highest BCUT2D eigenvalue weighted by Gasteiger charge is 2.14. The number of benzene rings is 1. The van der Waals surface area contributed by atoms with E-state index in [1.165, 1.54) is 31.2 Å². The zero-order valence-electron chi connectivity index (χ0n) is 9.82. The molecule has 0 aliphatic heterocycles. The number of hydrogen-bond donors (Lipinski definition) is 1. The maximum absolute atomic E-state index is 5.78. The van der Waals surface area contributed by atoms with Gasteiger partial charge in [0.1, 0.15) is 0 Å². The minimum absolute atomic E-state index is 0.540. The molecule has 0 unspecified atom stereocenters. The summed E-state index contributed by atoms with van der Waals surface area (Å²) < 4.78 is 5.78. The molecule has 1 aromatic rings. The lowest BCUT2D eigenvalue weighted by Crippen LogP contribution is -2.21. The standard InChI is InChI=1S/C14H21NO/c1-2-6-13(7-3-1)12-15-10-11-16-14-8-4-5-9-14/h1-3,6-7,14-15H,4-5,8-12H2. The molecule has 0 bridgehead atoms. The maximum Gasteiger partial charge on any atom is 0.0594 e. The van der Waals surface area contributed by atoms with Crippen LogP contribution in [-0.2, 0) is 11.3 Å². The van der Waals surface area contributed by atoms with Gasteiger partial charge in [-0.05, 0) is 18.4 Å². The van der Waals surface area contributed by atoms with Gasteiger partial charge in [0.05, 0.1) is 12.7 Å². The van der Waals surface area contributed by atoms with Crippen LogP contribution in [-0.4, -0.2) is 19.3 Å². The molecular formula is C14H21NO. The fraction of sp³-hybridized carbons (Fsp3) is 0.571. The summed E-state index contributed by atoms with van der Waals surface area (Å²) in [6.07, 6.45) is 5.76. The molecule has 1 aliphatic carbocycles. The van der Waals surface area contributed by atoms with Gasteiger partial charge in [0, 0.05) is 13.1 Å². The number of hydrogen-bond acceptors (Lipinski definition) is 2. The lowest BCUT2D eigenvalue weighted by atomic mass is 10.2. The van der Waals surface area contributed by atoms with Crippen molar-refractivity contribution in [2.24, 2.45) is 0 Å². The Morgan fingerprint density at radius 2 is 1.88 bits per heavy atom. The Kier molecular flexibility index (Phi) is 4.84. The molecule has 0 atom stereocenters. The van der Waals surface area contributed by atoms with Crippen molar-refractivity contribution in [3.8, 4) is 0 Å². The van der Waals surface area contributed by atoms with E-state index in [2.05, 4.69) is 29.6 Å². The van der Waals surface area contributed by atoms with E-state index in [1.807, 2.05) is 6.07 Å². The average Bonchev–Trinajstić information content (AvgIpc) is 2.83. The molecule has 0 spiro atoms. The Hall–Kier alpha value is -0.860. The molecular weight excluding hydrogens is 198 g/mol. The van der Waals surface area contributed by atoms with Gasteiger partial charge in [0.15, 0.2) is 0 Å². The first-order valence-corrected chi connectivity index (χ1v) is 6.31. The second-order valence-corrected chi connectivity index (χ2v) is 4.44. The Morgan fingerprint density at radius 3 is 2.62 bits per heavy atom. The van der Waals surface area contributed by atoms with E-state index in [1.54, 1.807) is 0 Å². The third-order valence-corrected chi connectivity index (χ3v) is 3.11. The van der Waals surface area contributed by atoms with Gasteiger partial charge in [0.2, 0.25) is 0 Å². The smallest absolute Gasteiger partial charge is 0.0594 e. The first-order valence-electron chi connectivity index (χ1n) is 6.31. The molecule has 0 heterocycles. The molecule has 1 saturated carbocycles. The lowest BCUT2D eigenvalue weighted by Gasteiger charge is -2.11. The van der Waals surface area contributed by atoms with E-state index < -0.39 is 0 Å². The zero-order chi connectivity index (χ0) is 11.1. The summed E-state index contributed by atoms with van der Waals surface area (Å²) in [6.45, 7) is 2.73. The maximum atomic E-state index is 5.78. The van der Waals surface area contributed by atoms with E-state index >= 15 is 0 Å². The molecule has 1 N–H and O–H groups in total. The first kappa shape index (κ1) is 11.6. The van der Waals surface area contributed by atoms with Crippen molar-refractivity contribution < 1.29 is 4.74 Å². The van der Waals surface area contributed by atoms with Gasteiger partial charge >= 0.3 is 0 Å². The summed E-state index contributed by atoms with van der Waals surface area (Å²) in [5.41, 5.74) is 1.34. The van der Waals surface area contributed by atoms with Crippen LogP contribution in [0.4, 0.5) is 0 Å².